The minimum absolute atomic E-state index is 0.496. The van der Waals surface area contributed by atoms with Crippen molar-refractivity contribution in [1.82, 2.24) is 0 Å². The average molecular weight is 745 g/mol. The standard InChI is InChI=1S/C59H36/c1-2-16-37(17-3-1)38-30-32-40(33-31-38)55-46-24-8-10-26-48(46)56(49-27-11-9-25-47(49)55)51-36-54-57(45-23-7-6-20-42(45)51)50-35-34-39-18-4-5-19-41(39)58(50)59(54)52-28-14-12-21-43(52)44-22-13-15-29-53(44)59/h1-36H. The number of benzene rings is 11. The summed E-state index contributed by atoms with van der Waals surface area (Å²) in [6.07, 6.45) is 0. The lowest BCUT2D eigenvalue weighted by atomic mass is 9.68. The van der Waals surface area contributed by atoms with E-state index in [9.17, 15) is 0 Å². The lowest BCUT2D eigenvalue weighted by Crippen LogP contribution is -2.26. The molecule has 0 amide bonds. The third kappa shape index (κ3) is 4.33. The van der Waals surface area contributed by atoms with Gasteiger partial charge >= 0.3 is 0 Å². The predicted octanol–water partition coefficient (Wildman–Crippen LogP) is 15.6. The van der Waals surface area contributed by atoms with Crippen molar-refractivity contribution in [3.8, 4) is 55.6 Å². The van der Waals surface area contributed by atoms with Crippen LogP contribution in [-0.2, 0) is 5.41 Å². The highest BCUT2D eigenvalue weighted by molar-refractivity contribution is 6.25. The molecule has 0 fully saturated rings. The minimum atomic E-state index is -0.496. The van der Waals surface area contributed by atoms with Crippen molar-refractivity contribution in [1.29, 1.82) is 0 Å². The zero-order valence-electron chi connectivity index (χ0n) is 32.3. The fourth-order valence-corrected chi connectivity index (χ4v) is 11.2. The van der Waals surface area contributed by atoms with Crippen LogP contribution in [0.5, 0.6) is 0 Å². The summed E-state index contributed by atoms with van der Waals surface area (Å²) in [4.78, 5) is 0. The molecule has 0 nitrogen and oxygen atoms in total. The van der Waals surface area contributed by atoms with E-state index in [4.69, 9.17) is 0 Å². The number of hydrogen-bond donors (Lipinski definition) is 0. The van der Waals surface area contributed by atoms with Gasteiger partial charge in [-0.3, -0.25) is 0 Å². The first-order valence-electron chi connectivity index (χ1n) is 20.7. The fraction of sp³-hybridized carbons (Fsp3) is 0.0169. The molecule has 0 heterocycles. The molecule has 0 bridgehead atoms. The van der Waals surface area contributed by atoms with Gasteiger partial charge in [0.1, 0.15) is 0 Å². The summed E-state index contributed by atoms with van der Waals surface area (Å²) < 4.78 is 0. The maximum atomic E-state index is 2.61. The Morgan fingerprint density at radius 3 is 1.32 bits per heavy atom. The molecule has 272 valence electrons. The normalized spacial score (nSPS) is 13.2. The zero-order chi connectivity index (χ0) is 38.7. The molecule has 11 aromatic rings. The molecule has 2 aliphatic carbocycles. The van der Waals surface area contributed by atoms with Crippen LogP contribution < -0.4 is 0 Å². The highest BCUT2D eigenvalue weighted by atomic mass is 14.5. The zero-order valence-corrected chi connectivity index (χ0v) is 32.3. The van der Waals surface area contributed by atoms with Crippen molar-refractivity contribution in [3.63, 3.8) is 0 Å². The molecule has 11 aromatic carbocycles. The van der Waals surface area contributed by atoms with Gasteiger partial charge in [-0.15, -0.1) is 0 Å². The topological polar surface area (TPSA) is 0 Å². The third-order valence-electron chi connectivity index (χ3n) is 13.5. The Morgan fingerprint density at radius 2 is 0.695 bits per heavy atom. The van der Waals surface area contributed by atoms with Crippen molar-refractivity contribution in [2.45, 2.75) is 5.41 Å². The first-order chi connectivity index (χ1) is 29.3. The van der Waals surface area contributed by atoms with Crippen molar-refractivity contribution in [3.05, 3.63) is 241 Å². The van der Waals surface area contributed by atoms with Gasteiger partial charge < -0.3 is 0 Å². The Balaban J connectivity index is 1.17. The minimum Gasteiger partial charge on any atom is -0.0622 e. The Kier molecular flexibility index (Phi) is 6.74. The van der Waals surface area contributed by atoms with Gasteiger partial charge in [-0.25, -0.2) is 0 Å². The lowest BCUT2D eigenvalue weighted by molar-refractivity contribution is 0.802. The number of rotatable bonds is 3. The Morgan fingerprint density at radius 1 is 0.237 bits per heavy atom. The number of hydrogen-bond acceptors (Lipinski definition) is 0. The molecular weight excluding hydrogens is 709 g/mol. The summed E-state index contributed by atoms with van der Waals surface area (Å²) in [7, 11) is 0. The molecule has 0 aliphatic heterocycles. The summed E-state index contributed by atoms with van der Waals surface area (Å²) in [5.74, 6) is 0. The largest absolute Gasteiger partial charge is 0.0731 e. The molecule has 2 aliphatic rings. The van der Waals surface area contributed by atoms with Gasteiger partial charge in [0.25, 0.3) is 0 Å². The van der Waals surface area contributed by atoms with Crippen LogP contribution in [0, 0.1) is 0 Å². The van der Waals surface area contributed by atoms with Crippen molar-refractivity contribution >= 4 is 43.1 Å². The van der Waals surface area contributed by atoms with Crippen LogP contribution >= 0.6 is 0 Å². The summed E-state index contributed by atoms with van der Waals surface area (Å²) >= 11 is 0. The van der Waals surface area contributed by atoms with E-state index in [-0.39, 0.29) is 0 Å². The molecule has 0 radical (unpaired) electrons. The van der Waals surface area contributed by atoms with Crippen LogP contribution in [0.15, 0.2) is 218 Å². The summed E-state index contributed by atoms with van der Waals surface area (Å²) in [6, 6.07) is 81.9. The van der Waals surface area contributed by atoms with Crippen LogP contribution in [-0.4, -0.2) is 0 Å². The van der Waals surface area contributed by atoms with Gasteiger partial charge in [0.15, 0.2) is 0 Å². The Labute approximate surface area is 343 Å². The number of fused-ring (bicyclic) bond motifs is 16. The van der Waals surface area contributed by atoms with Crippen molar-refractivity contribution in [2.75, 3.05) is 0 Å². The third-order valence-corrected chi connectivity index (χ3v) is 13.5. The smallest absolute Gasteiger partial charge is 0.0622 e. The molecule has 0 atom stereocenters. The van der Waals surface area contributed by atoms with Crippen LogP contribution in [0.1, 0.15) is 22.3 Å². The van der Waals surface area contributed by atoms with Gasteiger partial charge in [-0.2, -0.15) is 0 Å². The van der Waals surface area contributed by atoms with E-state index >= 15 is 0 Å². The molecule has 0 aromatic heterocycles. The molecule has 59 heavy (non-hydrogen) atoms. The van der Waals surface area contributed by atoms with Gasteiger partial charge in [0.05, 0.1) is 5.41 Å². The second kappa shape index (κ2) is 12.2. The maximum absolute atomic E-state index is 2.61. The second-order valence-electron chi connectivity index (χ2n) is 16.2. The first-order valence-corrected chi connectivity index (χ1v) is 20.7. The monoisotopic (exact) mass is 744 g/mol. The maximum Gasteiger partial charge on any atom is 0.0731 e. The fourth-order valence-electron chi connectivity index (χ4n) is 11.2. The van der Waals surface area contributed by atoms with Crippen LogP contribution in [0.2, 0.25) is 0 Å². The highest BCUT2D eigenvalue weighted by Crippen LogP contribution is 2.66. The van der Waals surface area contributed by atoms with Crippen LogP contribution in [0.3, 0.4) is 0 Å². The van der Waals surface area contributed by atoms with Crippen LogP contribution in [0.4, 0.5) is 0 Å². The van der Waals surface area contributed by atoms with Crippen molar-refractivity contribution in [2.24, 2.45) is 0 Å². The SMILES string of the molecule is c1ccc(-c2ccc(-c3c4ccccc4c(-c4cc5c(c6ccccc46)-c4ccc6ccccc6c4C54c5ccccc5-c5ccccc54)c4ccccc34)cc2)cc1. The van der Waals surface area contributed by atoms with Crippen molar-refractivity contribution < 1.29 is 0 Å². The highest BCUT2D eigenvalue weighted by Gasteiger charge is 2.53. The van der Waals surface area contributed by atoms with Gasteiger partial charge in [-0.05, 0) is 127 Å². The molecule has 0 heteroatoms. The second-order valence-corrected chi connectivity index (χ2v) is 16.2. The first kappa shape index (κ1) is 32.5. The molecule has 13 rings (SSSR count). The van der Waals surface area contributed by atoms with E-state index in [1.807, 2.05) is 0 Å². The Bertz CT molecular complexity index is 3430. The predicted molar refractivity (Wildman–Crippen MR) is 249 cm³/mol. The molecule has 0 saturated heterocycles. The summed E-state index contributed by atoms with van der Waals surface area (Å²) in [5, 5.41) is 10.2. The van der Waals surface area contributed by atoms with E-state index < -0.39 is 5.41 Å². The summed E-state index contributed by atoms with van der Waals surface area (Å²) in [5.41, 5.74) is 17.8. The van der Waals surface area contributed by atoms with Crippen LogP contribution in [0.25, 0.3) is 98.7 Å². The van der Waals surface area contributed by atoms with E-state index in [0.717, 1.165) is 0 Å². The van der Waals surface area contributed by atoms with E-state index in [1.165, 1.54) is 121 Å². The quantitative estimate of drug-likeness (QED) is 0.158. The van der Waals surface area contributed by atoms with E-state index in [0.29, 0.717) is 0 Å². The van der Waals surface area contributed by atoms with E-state index in [1.54, 1.807) is 0 Å². The Hall–Kier alpha value is -7.54. The molecule has 0 N–H and O–H groups in total. The molecular formula is C59H36. The lowest BCUT2D eigenvalue weighted by Gasteiger charge is -2.32. The molecule has 0 saturated carbocycles. The van der Waals surface area contributed by atoms with Gasteiger partial charge in [-0.1, -0.05) is 212 Å². The van der Waals surface area contributed by atoms with Gasteiger partial charge in [0, 0.05) is 0 Å². The molecule has 0 unspecified atom stereocenters. The van der Waals surface area contributed by atoms with Gasteiger partial charge in [0.2, 0.25) is 0 Å². The summed E-state index contributed by atoms with van der Waals surface area (Å²) in [6.45, 7) is 0. The average Bonchev–Trinajstić information content (AvgIpc) is 3.78. The molecule has 1 spiro atoms. The van der Waals surface area contributed by atoms with E-state index in [2.05, 4.69) is 218 Å².